The Balaban J connectivity index is 1.50. The highest BCUT2D eigenvalue weighted by Gasteiger charge is 2.24. The fourth-order valence-corrected chi connectivity index (χ4v) is 4.23. The Morgan fingerprint density at radius 3 is 2.67 bits per heavy atom. The monoisotopic (exact) mass is 422 g/mol. The summed E-state index contributed by atoms with van der Waals surface area (Å²) in [4.78, 5) is 12.6. The number of hydrogen-bond acceptors (Lipinski definition) is 5. The summed E-state index contributed by atoms with van der Waals surface area (Å²) in [6, 6.07) is 18.4. The third-order valence-electron chi connectivity index (χ3n) is 5.05. The molecule has 1 aliphatic carbocycles. The number of aromatic nitrogens is 3. The van der Waals surface area contributed by atoms with Gasteiger partial charge in [0.25, 0.3) is 5.91 Å². The van der Waals surface area contributed by atoms with Crippen LogP contribution in [0, 0.1) is 0 Å². The van der Waals surface area contributed by atoms with Gasteiger partial charge in [0.1, 0.15) is 5.82 Å². The van der Waals surface area contributed by atoms with Gasteiger partial charge in [-0.15, -0.1) is 10.2 Å². The fourth-order valence-electron chi connectivity index (χ4n) is 3.24. The number of amides is 1. The predicted octanol–water partition coefficient (Wildman–Crippen LogP) is 3.70. The van der Waals surface area contributed by atoms with Crippen molar-refractivity contribution < 1.29 is 9.53 Å². The molecule has 1 fully saturated rings. The summed E-state index contributed by atoms with van der Waals surface area (Å²) in [5, 5.41) is 12.8. The summed E-state index contributed by atoms with van der Waals surface area (Å²) in [6.07, 6.45) is 2.88. The number of nitrogens with zero attached hydrogens (tertiary/aromatic N) is 3. The molecule has 0 unspecified atom stereocenters. The van der Waals surface area contributed by atoms with Crippen LogP contribution in [0.3, 0.4) is 0 Å². The van der Waals surface area contributed by atoms with Crippen LogP contribution in [-0.4, -0.2) is 40.4 Å². The van der Waals surface area contributed by atoms with Gasteiger partial charge in [0.2, 0.25) is 0 Å². The van der Waals surface area contributed by atoms with Gasteiger partial charge in [0.15, 0.2) is 5.16 Å². The second-order valence-corrected chi connectivity index (χ2v) is 8.34. The van der Waals surface area contributed by atoms with Gasteiger partial charge >= 0.3 is 0 Å². The molecule has 0 atom stereocenters. The average Bonchev–Trinajstić information content (AvgIpc) is 3.51. The molecule has 1 saturated carbocycles. The predicted molar refractivity (Wildman–Crippen MR) is 118 cm³/mol. The number of benzene rings is 2. The molecule has 0 bridgehead atoms. The molecule has 7 heteroatoms. The molecule has 1 N–H and O–H groups in total. The van der Waals surface area contributed by atoms with Gasteiger partial charge < -0.3 is 14.6 Å². The van der Waals surface area contributed by atoms with Crippen LogP contribution in [0.1, 0.15) is 40.2 Å². The molecule has 1 heterocycles. The van der Waals surface area contributed by atoms with E-state index in [4.69, 9.17) is 4.74 Å². The first kappa shape index (κ1) is 20.6. The molecule has 0 saturated heterocycles. The van der Waals surface area contributed by atoms with E-state index < -0.39 is 0 Å². The molecule has 1 aliphatic rings. The number of thioether (sulfide) groups is 1. The van der Waals surface area contributed by atoms with E-state index in [1.807, 2.05) is 42.5 Å². The van der Waals surface area contributed by atoms with E-state index >= 15 is 0 Å². The average molecular weight is 423 g/mol. The zero-order chi connectivity index (χ0) is 20.8. The van der Waals surface area contributed by atoms with Gasteiger partial charge in [-0.2, -0.15) is 0 Å². The Kier molecular flexibility index (Phi) is 6.81. The van der Waals surface area contributed by atoms with Gasteiger partial charge in [-0.05, 0) is 30.0 Å². The third-order valence-corrected chi connectivity index (χ3v) is 6.06. The van der Waals surface area contributed by atoms with E-state index in [1.165, 1.54) is 5.56 Å². The lowest BCUT2D eigenvalue weighted by atomic mass is 10.1. The van der Waals surface area contributed by atoms with Gasteiger partial charge in [0.05, 0.1) is 6.61 Å². The highest BCUT2D eigenvalue weighted by Crippen LogP contribution is 2.26. The molecule has 0 radical (unpaired) electrons. The van der Waals surface area contributed by atoms with E-state index in [2.05, 4.69) is 32.2 Å². The minimum Gasteiger partial charge on any atom is -0.383 e. The minimum absolute atomic E-state index is 0.0133. The molecule has 3 aromatic rings. The molecule has 156 valence electrons. The Morgan fingerprint density at radius 1 is 1.13 bits per heavy atom. The summed E-state index contributed by atoms with van der Waals surface area (Å²) in [5.74, 6) is 1.59. The lowest BCUT2D eigenvalue weighted by molar-refractivity contribution is 0.0950. The minimum atomic E-state index is 0.0133. The Morgan fingerprint density at radius 2 is 1.90 bits per heavy atom. The van der Waals surface area contributed by atoms with Crippen molar-refractivity contribution in [3.05, 3.63) is 77.1 Å². The number of ether oxygens (including phenoxy) is 1. The van der Waals surface area contributed by atoms with Gasteiger partial charge in [0, 0.05) is 37.4 Å². The number of rotatable bonds is 10. The van der Waals surface area contributed by atoms with Crippen molar-refractivity contribution in [3.63, 3.8) is 0 Å². The molecule has 1 aromatic heterocycles. The van der Waals surface area contributed by atoms with E-state index in [-0.39, 0.29) is 5.91 Å². The number of methoxy groups -OCH3 is 1. The zero-order valence-corrected chi connectivity index (χ0v) is 17.9. The number of hydrogen-bond donors (Lipinski definition) is 1. The topological polar surface area (TPSA) is 69.0 Å². The zero-order valence-electron chi connectivity index (χ0n) is 17.1. The highest BCUT2D eigenvalue weighted by molar-refractivity contribution is 7.98. The van der Waals surface area contributed by atoms with Crippen LogP contribution in [0.15, 0.2) is 59.8 Å². The van der Waals surface area contributed by atoms with Crippen molar-refractivity contribution in [3.8, 4) is 0 Å². The van der Waals surface area contributed by atoms with E-state index in [0.29, 0.717) is 24.9 Å². The number of nitrogens with one attached hydrogen (secondary N) is 1. The van der Waals surface area contributed by atoms with Gasteiger partial charge in [-0.25, -0.2) is 0 Å². The van der Waals surface area contributed by atoms with Crippen LogP contribution >= 0.6 is 11.8 Å². The molecule has 30 heavy (non-hydrogen) atoms. The van der Waals surface area contributed by atoms with Crippen LogP contribution in [0.5, 0.6) is 0 Å². The number of carbonyl (C=O) groups is 1. The molecule has 1 amide bonds. The van der Waals surface area contributed by atoms with Crippen molar-refractivity contribution in [2.75, 3.05) is 13.7 Å². The van der Waals surface area contributed by atoms with E-state index in [0.717, 1.165) is 41.4 Å². The summed E-state index contributed by atoms with van der Waals surface area (Å²) < 4.78 is 7.41. The van der Waals surface area contributed by atoms with Crippen LogP contribution in [0.2, 0.25) is 0 Å². The van der Waals surface area contributed by atoms with Crippen molar-refractivity contribution in [1.29, 1.82) is 0 Å². The molecule has 4 rings (SSSR count). The van der Waals surface area contributed by atoms with Crippen LogP contribution in [-0.2, 0) is 23.5 Å². The second-order valence-electron chi connectivity index (χ2n) is 7.40. The van der Waals surface area contributed by atoms with Crippen LogP contribution in [0.25, 0.3) is 0 Å². The molecular formula is C23H26N4O2S. The van der Waals surface area contributed by atoms with Crippen molar-refractivity contribution >= 4 is 17.7 Å². The van der Waals surface area contributed by atoms with Crippen molar-refractivity contribution in [1.82, 2.24) is 20.1 Å². The maximum Gasteiger partial charge on any atom is 0.251 e. The molecular weight excluding hydrogens is 396 g/mol. The van der Waals surface area contributed by atoms with Crippen LogP contribution < -0.4 is 5.32 Å². The quantitative estimate of drug-likeness (QED) is 0.505. The first-order chi connectivity index (χ1) is 14.7. The Hall–Kier alpha value is -2.64. The summed E-state index contributed by atoms with van der Waals surface area (Å²) >= 11 is 1.60. The SMILES string of the molecule is COCCn1c(Cc2ccccc2)nnc1SCc1ccccc1C(=O)NC1CC1. The maximum atomic E-state index is 12.6. The maximum absolute atomic E-state index is 12.6. The van der Waals surface area contributed by atoms with Gasteiger partial charge in [-0.3, -0.25) is 4.79 Å². The summed E-state index contributed by atoms with van der Waals surface area (Å²) in [7, 11) is 1.70. The molecule has 0 spiro atoms. The lowest BCUT2D eigenvalue weighted by Gasteiger charge is -2.11. The lowest BCUT2D eigenvalue weighted by Crippen LogP contribution is -2.26. The molecule has 0 aliphatic heterocycles. The summed E-state index contributed by atoms with van der Waals surface area (Å²) in [6.45, 7) is 1.28. The molecule has 6 nitrogen and oxygen atoms in total. The van der Waals surface area contributed by atoms with E-state index in [9.17, 15) is 4.79 Å². The van der Waals surface area contributed by atoms with E-state index in [1.54, 1.807) is 18.9 Å². The Bertz CT molecular complexity index is 986. The smallest absolute Gasteiger partial charge is 0.251 e. The normalized spacial score (nSPS) is 13.4. The standard InChI is InChI=1S/C23H26N4O2S/c1-29-14-13-27-21(15-17-7-3-2-4-8-17)25-26-23(27)30-16-18-9-5-6-10-20(18)22(28)24-19-11-12-19/h2-10,19H,11-16H2,1H3,(H,24,28). The van der Waals surface area contributed by atoms with Crippen LogP contribution in [0.4, 0.5) is 0 Å². The second kappa shape index (κ2) is 9.91. The highest BCUT2D eigenvalue weighted by atomic mass is 32.2. The van der Waals surface area contributed by atoms with Crippen molar-refractivity contribution in [2.45, 2.75) is 42.8 Å². The summed E-state index contributed by atoms with van der Waals surface area (Å²) in [5.41, 5.74) is 2.94. The van der Waals surface area contributed by atoms with Crippen molar-refractivity contribution in [2.24, 2.45) is 0 Å². The largest absolute Gasteiger partial charge is 0.383 e. The first-order valence-corrected chi connectivity index (χ1v) is 11.2. The third kappa shape index (κ3) is 5.29. The van der Waals surface area contributed by atoms with Gasteiger partial charge in [-0.1, -0.05) is 60.3 Å². The Labute approximate surface area is 181 Å². The first-order valence-electron chi connectivity index (χ1n) is 10.2. The number of carbonyl (C=O) groups excluding carboxylic acids is 1. The molecule has 2 aromatic carbocycles. The fraction of sp³-hybridized carbons (Fsp3) is 0.348.